The Labute approximate surface area is 90.0 Å². The fourth-order valence-corrected chi connectivity index (χ4v) is 2.67. The van der Waals surface area contributed by atoms with E-state index in [0.717, 1.165) is 13.0 Å². The van der Waals surface area contributed by atoms with Crippen molar-refractivity contribution in [3.05, 3.63) is 23.8 Å². The number of fused-ring (bicyclic) bond motifs is 1. The number of allylic oxidation sites excluding steroid dienone is 2. The summed E-state index contributed by atoms with van der Waals surface area (Å²) in [6, 6.07) is 0. The maximum absolute atomic E-state index is 11.3. The van der Waals surface area contributed by atoms with Crippen LogP contribution >= 0.6 is 0 Å². The molecule has 2 N–H and O–H groups in total. The van der Waals surface area contributed by atoms with E-state index in [1.807, 2.05) is 12.2 Å². The van der Waals surface area contributed by atoms with Crippen LogP contribution in [0.25, 0.3) is 0 Å². The summed E-state index contributed by atoms with van der Waals surface area (Å²) in [4.78, 5) is 11.3. The number of methoxy groups -OCH3 is 1. The molecule has 0 aromatic rings. The van der Waals surface area contributed by atoms with Crippen LogP contribution in [0.15, 0.2) is 23.8 Å². The zero-order chi connectivity index (χ0) is 10.8. The van der Waals surface area contributed by atoms with E-state index in [1.165, 1.54) is 13.5 Å². The van der Waals surface area contributed by atoms with Crippen molar-refractivity contribution < 1.29 is 9.53 Å². The van der Waals surface area contributed by atoms with Gasteiger partial charge in [-0.05, 0) is 37.1 Å². The average molecular weight is 207 g/mol. The highest BCUT2D eigenvalue weighted by molar-refractivity contribution is 5.91. The molecule has 3 atom stereocenters. The van der Waals surface area contributed by atoms with Gasteiger partial charge in [0.2, 0.25) is 0 Å². The first-order chi connectivity index (χ1) is 7.26. The van der Waals surface area contributed by atoms with Gasteiger partial charge < -0.3 is 10.5 Å². The SMILES string of the molecule is COC(=O)C1=CC2CC[C@H](CN)C2C=C1. The average Bonchev–Trinajstić information content (AvgIpc) is 2.69. The summed E-state index contributed by atoms with van der Waals surface area (Å²) in [5.74, 6) is 1.36. The van der Waals surface area contributed by atoms with Crippen molar-refractivity contribution in [3.63, 3.8) is 0 Å². The van der Waals surface area contributed by atoms with E-state index < -0.39 is 0 Å². The maximum atomic E-state index is 11.3. The molecule has 2 rings (SSSR count). The second-order valence-corrected chi connectivity index (χ2v) is 4.29. The minimum Gasteiger partial charge on any atom is -0.465 e. The topological polar surface area (TPSA) is 52.3 Å². The largest absolute Gasteiger partial charge is 0.465 e. The van der Waals surface area contributed by atoms with Crippen molar-refractivity contribution in [1.82, 2.24) is 0 Å². The Morgan fingerprint density at radius 3 is 3.07 bits per heavy atom. The van der Waals surface area contributed by atoms with Gasteiger partial charge in [0, 0.05) is 0 Å². The molecule has 0 heterocycles. The van der Waals surface area contributed by atoms with E-state index >= 15 is 0 Å². The van der Waals surface area contributed by atoms with Crippen LogP contribution in [0.1, 0.15) is 12.8 Å². The Bertz CT molecular complexity index is 320. The molecule has 0 aromatic carbocycles. The Hall–Kier alpha value is -1.09. The lowest BCUT2D eigenvalue weighted by atomic mass is 9.84. The zero-order valence-corrected chi connectivity index (χ0v) is 8.98. The Morgan fingerprint density at radius 2 is 2.40 bits per heavy atom. The summed E-state index contributed by atoms with van der Waals surface area (Å²) in [7, 11) is 1.42. The number of hydrogen-bond acceptors (Lipinski definition) is 3. The van der Waals surface area contributed by atoms with Crippen molar-refractivity contribution in [3.8, 4) is 0 Å². The summed E-state index contributed by atoms with van der Waals surface area (Å²) >= 11 is 0. The smallest absolute Gasteiger partial charge is 0.337 e. The Kier molecular flexibility index (Phi) is 2.91. The number of hydrogen-bond donors (Lipinski definition) is 1. The van der Waals surface area contributed by atoms with Crippen molar-refractivity contribution in [1.29, 1.82) is 0 Å². The van der Waals surface area contributed by atoms with Gasteiger partial charge in [-0.15, -0.1) is 0 Å². The van der Waals surface area contributed by atoms with Crippen molar-refractivity contribution in [2.24, 2.45) is 23.5 Å². The first kappa shape index (κ1) is 10.4. The van der Waals surface area contributed by atoms with Crippen molar-refractivity contribution >= 4 is 5.97 Å². The van der Waals surface area contributed by atoms with Crippen LogP contribution in [0.5, 0.6) is 0 Å². The van der Waals surface area contributed by atoms with E-state index in [-0.39, 0.29) is 5.97 Å². The van der Waals surface area contributed by atoms with Gasteiger partial charge in [-0.3, -0.25) is 0 Å². The normalized spacial score (nSPS) is 33.5. The van der Waals surface area contributed by atoms with E-state index in [9.17, 15) is 4.79 Å². The highest BCUT2D eigenvalue weighted by Crippen LogP contribution is 2.41. The van der Waals surface area contributed by atoms with Gasteiger partial charge >= 0.3 is 5.97 Å². The number of nitrogens with two attached hydrogens (primary N) is 1. The first-order valence-corrected chi connectivity index (χ1v) is 5.44. The molecule has 0 amide bonds. The summed E-state index contributed by atoms with van der Waals surface area (Å²) in [6.45, 7) is 0.743. The summed E-state index contributed by atoms with van der Waals surface area (Å²) in [6.07, 6.45) is 8.35. The van der Waals surface area contributed by atoms with Crippen LogP contribution in [-0.4, -0.2) is 19.6 Å². The van der Waals surface area contributed by atoms with Crippen LogP contribution in [0, 0.1) is 17.8 Å². The van der Waals surface area contributed by atoms with Crippen LogP contribution in [0.2, 0.25) is 0 Å². The molecule has 3 nitrogen and oxygen atoms in total. The molecule has 0 radical (unpaired) electrons. The fourth-order valence-electron chi connectivity index (χ4n) is 2.67. The minimum absolute atomic E-state index is 0.235. The molecule has 82 valence electrons. The van der Waals surface area contributed by atoms with Crippen LogP contribution in [0.3, 0.4) is 0 Å². The number of rotatable bonds is 2. The first-order valence-electron chi connectivity index (χ1n) is 5.44. The predicted octanol–water partition coefficient (Wildman–Crippen LogP) is 1.26. The third-order valence-corrected chi connectivity index (χ3v) is 3.52. The molecule has 2 aliphatic carbocycles. The monoisotopic (exact) mass is 207 g/mol. The Balaban J connectivity index is 2.13. The van der Waals surface area contributed by atoms with Gasteiger partial charge in [-0.2, -0.15) is 0 Å². The van der Waals surface area contributed by atoms with Gasteiger partial charge in [0.1, 0.15) is 0 Å². The number of carbonyl (C=O) groups is 1. The summed E-state index contributed by atoms with van der Waals surface area (Å²) in [5, 5.41) is 0. The van der Waals surface area contributed by atoms with Crippen LogP contribution < -0.4 is 5.73 Å². The van der Waals surface area contributed by atoms with E-state index in [4.69, 9.17) is 10.5 Å². The number of carbonyl (C=O) groups excluding carboxylic acids is 1. The molecule has 0 aromatic heterocycles. The quantitative estimate of drug-likeness (QED) is 0.693. The molecule has 1 fully saturated rings. The summed E-state index contributed by atoms with van der Waals surface area (Å²) in [5.41, 5.74) is 6.41. The van der Waals surface area contributed by atoms with Crippen LogP contribution in [0.4, 0.5) is 0 Å². The lowest BCUT2D eigenvalue weighted by Gasteiger charge is -2.22. The fraction of sp³-hybridized carbons (Fsp3) is 0.583. The number of esters is 1. The molecule has 2 unspecified atom stereocenters. The van der Waals surface area contributed by atoms with Crippen LogP contribution in [-0.2, 0) is 9.53 Å². The van der Waals surface area contributed by atoms with Crippen molar-refractivity contribution in [2.45, 2.75) is 12.8 Å². The lowest BCUT2D eigenvalue weighted by Crippen LogP contribution is -2.22. The van der Waals surface area contributed by atoms with Gasteiger partial charge in [0.05, 0.1) is 12.7 Å². The molecular formula is C12H17NO2. The molecule has 2 aliphatic rings. The zero-order valence-electron chi connectivity index (χ0n) is 8.98. The molecule has 0 spiro atoms. The van der Waals surface area contributed by atoms with Crippen molar-refractivity contribution in [2.75, 3.05) is 13.7 Å². The second-order valence-electron chi connectivity index (χ2n) is 4.29. The van der Waals surface area contributed by atoms with Gasteiger partial charge in [0.25, 0.3) is 0 Å². The molecule has 1 saturated carbocycles. The minimum atomic E-state index is -0.235. The molecule has 3 heteroatoms. The molecule has 15 heavy (non-hydrogen) atoms. The van der Waals surface area contributed by atoms with Gasteiger partial charge in [-0.1, -0.05) is 18.2 Å². The molecule has 0 bridgehead atoms. The van der Waals surface area contributed by atoms with E-state index in [2.05, 4.69) is 6.08 Å². The molecular weight excluding hydrogens is 190 g/mol. The highest BCUT2D eigenvalue weighted by atomic mass is 16.5. The van der Waals surface area contributed by atoms with Gasteiger partial charge in [-0.25, -0.2) is 4.79 Å². The lowest BCUT2D eigenvalue weighted by molar-refractivity contribution is -0.135. The predicted molar refractivity (Wildman–Crippen MR) is 58.0 cm³/mol. The number of ether oxygens (including phenoxy) is 1. The molecule has 0 aliphatic heterocycles. The molecule has 0 saturated heterocycles. The van der Waals surface area contributed by atoms with E-state index in [1.54, 1.807) is 0 Å². The van der Waals surface area contributed by atoms with Gasteiger partial charge in [0.15, 0.2) is 0 Å². The maximum Gasteiger partial charge on any atom is 0.337 e. The Morgan fingerprint density at radius 1 is 1.60 bits per heavy atom. The third-order valence-electron chi connectivity index (χ3n) is 3.52. The standard InChI is InChI=1S/C12H17NO2/c1-15-12(14)9-4-5-11-8(6-9)2-3-10(11)7-13/h4-6,8,10-11H,2-3,7,13H2,1H3/t8?,10-,11?/m1/s1. The van der Waals surface area contributed by atoms with E-state index in [0.29, 0.717) is 23.3 Å². The highest BCUT2D eigenvalue weighted by Gasteiger charge is 2.34. The second kappa shape index (κ2) is 4.19. The summed E-state index contributed by atoms with van der Waals surface area (Å²) < 4.78 is 4.71. The third kappa shape index (κ3) is 1.84.